The lowest BCUT2D eigenvalue weighted by Gasteiger charge is -2.34. The summed E-state index contributed by atoms with van der Waals surface area (Å²) >= 11 is 0. The highest BCUT2D eigenvalue weighted by Crippen LogP contribution is 2.42. The number of imidazole rings is 1. The number of carboxylic acid groups (broad SMARTS) is 1. The lowest BCUT2D eigenvalue weighted by Crippen LogP contribution is -2.36. The number of carboxylic acids is 1. The zero-order valence-electron chi connectivity index (χ0n) is 11.7. The lowest BCUT2D eigenvalue weighted by atomic mass is 9.69. The van der Waals surface area contributed by atoms with E-state index in [9.17, 15) is 9.90 Å². The van der Waals surface area contributed by atoms with Crippen LogP contribution in [0.2, 0.25) is 0 Å². The molecule has 0 saturated heterocycles. The summed E-state index contributed by atoms with van der Waals surface area (Å²) in [4.78, 5) is 19.0. The Balaban J connectivity index is 3.05. The molecule has 0 aromatic carbocycles. The fraction of sp³-hybridized carbons (Fsp3) is 0.714. The topological polar surface area (TPSA) is 66.0 Å². The van der Waals surface area contributed by atoms with Crippen molar-refractivity contribution in [3.05, 3.63) is 18.2 Å². The standard InChI is InChI=1S/C14H24N2O2/c1-5-10(3)9-14(4,13(17)18)11(6-2)12-15-7-8-16-12/h7-8,10-11H,5-6,9H2,1-4H3,(H,15,16)(H,17,18). The highest BCUT2D eigenvalue weighted by molar-refractivity contribution is 5.75. The van der Waals surface area contributed by atoms with Crippen LogP contribution >= 0.6 is 0 Å². The van der Waals surface area contributed by atoms with Gasteiger partial charge in [-0.25, -0.2) is 4.98 Å². The molecule has 0 saturated carbocycles. The van der Waals surface area contributed by atoms with E-state index < -0.39 is 11.4 Å². The van der Waals surface area contributed by atoms with E-state index in [-0.39, 0.29) is 5.92 Å². The lowest BCUT2D eigenvalue weighted by molar-refractivity contribution is -0.150. The van der Waals surface area contributed by atoms with E-state index >= 15 is 0 Å². The van der Waals surface area contributed by atoms with Gasteiger partial charge >= 0.3 is 5.97 Å². The molecular formula is C14H24N2O2. The average Bonchev–Trinajstić information content (AvgIpc) is 2.83. The van der Waals surface area contributed by atoms with Gasteiger partial charge in [0.1, 0.15) is 5.82 Å². The van der Waals surface area contributed by atoms with Gasteiger partial charge < -0.3 is 10.1 Å². The highest BCUT2D eigenvalue weighted by Gasteiger charge is 2.43. The summed E-state index contributed by atoms with van der Waals surface area (Å²) in [6.45, 7) is 8.07. The van der Waals surface area contributed by atoms with Crippen molar-refractivity contribution in [1.29, 1.82) is 0 Å². The molecule has 1 aromatic heterocycles. The average molecular weight is 252 g/mol. The van der Waals surface area contributed by atoms with Crippen molar-refractivity contribution in [2.24, 2.45) is 11.3 Å². The van der Waals surface area contributed by atoms with E-state index in [2.05, 4.69) is 23.8 Å². The molecule has 0 radical (unpaired) electrons. The van der Waals surface area contributed by atoms with Gasteiger partial charge in [-0.3, -0.25) is 4.79 Å². The monoisotopic (exact) mass is 252 g/mol. The maximum Gasteiger partial charge on any atom is 0.310 e. The van der Waals surface area contributed by atoms with Crippen molar-refractivity contribution in [1.82, 2.24) is 9.97 Å². The number of aromatic nitrogens is 2. The van der Waals surface area contributed by atoms with E-state index in [1.54, 1.807) is 12.4 Å². The van der Waals surface area contributed by atoms with Gasteiger partial charge in [-0.05, 0) is 25.7 Å². The summed E-state index contributed by atoms with van der Waals surface area (Å²) in [5, 5.41) is 9.64. The van der Waals surface area contributed by atoms with E-state index in [1.807, 2.05) is 13.8 Å². The van der Waals surface area contributed by atoms with Crippen LogP contribution in [0.25, 0.3) is 0 Å². The summed E-state index contributed by atoms with van der Waals surface area (Å²) in [6.07, 6.45) is 5.88. The zero-order valence-corrected chi connectivity index (χ0v) is 11.7. The minimum atomic E-state index is -0.762. The van der Waals surface area contributed by atoms with Crippen LogP contribution in [-0.4, -0.2) is 21.0 Å². The molecule has 1 heterocycles. The van der Waals surface area contributed by atoms with E-state index in [1.165, 1.54) is 0 Å². The highest BCUT2D eigenvalue weighted by atomic mass is 16.4. The minimum absolute atomic E-state index is 0.0704. The van der Waals surface area contributed by atoms with Crippen molar-refractivity contribution < 1.29 is 9.90 Å². The number of carbonyl (C=O) groups is 1. The van der Waals surface area contributed by atoms with Crippen LogP contribution in [0.4, 0.5) is 0 Å². The SMILES string of the molecule is CCC(C)CC(C)(C(=O)O)C(CC)c1ncc[nH]1. The number of aromatic amines is 1. The van der Waals surface area contributed by atoms with E-state index in [0.717, 1.165) is 18.7 Å². The smallest absolute Gasteiger partial charge is 0.310 e. The Bertz CT molecular complexity index is 375. The van der Waals surface area contributed by atoms with E-state index in [4.69, 9.17) is 0 Å². The molecule has 3 atom stereocenters. The van der Waals surface area contributed by atoms with Crippen LogP contribution < -0.4 is 0 Å². The summed E-state index contributed by atoms with van der Waals surface area (Å²) in [5.74, 6) is 0.380. The normalized spacial score (nSPS) is 18.0. The molecule has 1 aromatic rings. The molecule has 0 spiro atoms. The van der Waals surface area contributed by atoms with Gasteiger partial charge in [0.05, 0.1) is 5.41 Å². The predicted octanol–water partition coefficient (Wildman–Crippen LogP) is 3.43. The van der Waals surface area contributed by atoms with Gasteiger partial charge in [0.25, 0.3) is 0 Å². The molecule has 18 heavy (non-hydrogen) atoms. The third-order valence-corrected chi connectivity index (χ3v) is 3.98. The molecule has 0 aliphatic rings. The van der Waals surface area contributed by atoms with Crippen LogP contribution in [0.15, 0.2) is 12.4 Å². The van der Waals surface area contributed by atoms with Crippen molar-refractivity contribution in [3.8, 4) is 0 Å². The first-order valence-corrected chi connectivity index (χ1v) is 6.68. The Labute approximate surface area is 109 Å². The Morgan fingerprint density at radius 3 is 2.56 bits per heavy atom. The third kappa shape index (κ3) is 2.92. The molecule has 2 N–H and O–H groups in total. The molecule has 3 unspecified atom stereocenters. The molecule has 1 rings (SSSR count). The van der Waals surface area contributed by atoms with Gasteiger partial charge in [-0.1, -0.05) is 27.2 Å². The largest absolute Gasteiger partial charge is 0.481 e. The van der Waals surface area contributed by atoms with Crippen LogP contribution in [-0.2, 0) is 4.79 Å². The molecule has 4 heteroatoms. The fourth-order valence-corrected chi connectivity index (χ4v) is 2.66. The first-order valence-electron chi connectivity index (χ1n) is 6.68. The van der Waals surface area contributed by atoms with Crippen LogP contribution in [0.1, 0.15) is 58.7 Å². The van der Waals surface area contributed by atoms with Crippen molar-refractivity contribution in [2.75, 3.05) is 0 Å². The molecule has 0 amide bonds. The van der Waals surface area contributed by atoms with Gasteiger partial charge in [0.15, 0.2) is 0 Å². The van der Waals surface area contributed by atoms with Gasteiger partial charge in [-0.15, -0.1) is 0 Å². The number of H-pyrrole nitrogens is 1. The Morgan fingerprint density at radius 2 is 2.17 bits per heavy atom. The van der Waals surface area contributed by atoms with Gasteiger partial charge in [0.2, 0.25) is 0 Å². The zero-order chi connectivity index (χ0) is 13.8. The number of rotatable bonds is 7. The first kappa shape index (κ1) is 14.7. The second-order valence-electron chi connectivity index (χ2n) is 5.38. The summed E-state index contributed by atoms with van der Waals surface area (Å²) in [7, 11) is 0. The molecule has 4 nitrogen and oxygen atoms in total. The first-order chi connectivity index (χ1) is 8.45. The van der Waals surface area contributed by atoms with Crippen molar-refractivity contribution in [3.63, 3.8) is 0 Å². The maximum absolute atomic E-state index is 11.7. The molecule has 102 valence electrons. The Hall–Kier alpha value is -1.32. The molecule has 0 aliphatic heterocycles. The minimum Gasteiger partial charge on any atom is -0.481 e. The fourth-order valence-electron chi connectivity index (χ4n) is 2.66. The molecule has 0 fully saturated rings. The van der Waals surface area contributed by atoms with Crippen LogP contribution in [0.5, 0.6) is 0 Å². The molecule has 0 bridgehead atoms. The maximum atomic E-state index is 11.7. The van der Waals surface area contributed by atoms with Crippen LogP contribution in [0, 0.1) is 11.3 Å². The number of hydrogen-bond donors (Lipinski definition) is 2. The molecular weight excluding hydrogens is 228 g/mol. The number of nitrogens with zero attached hydrogens (tertiary/aromatic N) is 1. The quantitative estimate of drug-likeness (QED) is 0.781. The Kier molecular flexibility index (Phi) is 4.93. The summed E-state index contributed by atoms with van der Waals surface area (Å²) in [5.41, 5.74) is -0.762. The Morgan fingerprint density at radius 1 is 1.50 bits per heavy atom. The van der Waals surface area contributed by atoms with E-state index in [0.29, 0.717) is 12.3 Å². The number of aliphatic carboxylic acids is 1. The second-order valence-corrected chi connectivity index (χ2v) is 5.38. The van der Waals surface area contributed by atoms with Crippen molar-refractivity contribution >= 4 is 5.97 Å². The van der Waals surface area contributed by atoms with Crippen molar-refractivity contribution in [2.45, 2.75) is 52.9 Å². The predicted molar refractivity (Wildman–Crippen MR) is 71.4 cm³/mol. The second kappa shape index (κ2) is 6.03. The molecule has 0 aliphatic carbocycles. The van der Waals surface area contributed by atoms with Crippen LogP contribution in [0.3, 0.4) is 0 Å². The van der Waals surface area contributed by atoms with Gasteiger partial charge in [0, 0.05) is 18.3 Å². The van der Waals surface area contributed by atoms with Gasteiger partial charge in [-0.2, -0.15) is 0 Å². The summed E-state index contributed by atoms with van der Waals surface area (Å²) in [6, 6.07) is 0. The number of hydrogen-bond acceptors (Lipinski definition) is 2. The summed E-state index contributed by atoms with van der Waals surface area (Å²) < 4.78 is 0. The number of nitrogens with one attached hydrogen (secondary N) is 1. The third-order valence-electron chi connectivity index (χ3n) is 3.98.